The maximum atomic E-state index is 8.35. The minimum Gasteiger partial charge on any atom is -0.409 e. The van der Waals surface area contributed by atoms with Crippen molar-refractivity contribution < 1.29 is 5.21 Å². The summed E-state index contributed by atoms with van der Waals surface area (Å²) in [5.41, 5.74) is 5.38. The van der Waals surface area contributed by atoms with Crippen molar-refractivity contribution in [3.8, 4) is 0 Å². The minimum atomic E-state index is 0.325. The molecular weight excluding hydrogens is 178 g/mol. The summed E-state index contributed by atoms with van der Waals surface area (Å²) < 4.78 is 0. The Hall–Kier alpha value is -0.770. The van der Waals surface area contributed by atoms with Gasteiger partial charge < -0.3 is 15.8 Å². The Kier molecular flexibility index (Phi) is 7.20. The molecule has 0 heterocycles. The molecule has 0 aliphatic heterocycles. The predicted octanol–water partition coefficient (Wildman–Crippen LogP) is 1.49. The average molecular weight is 201 g/mol. The van der Waals surface area contributed by atoms with Crippen molar-refractivity contribution in [2.75, 3.05) is 19.6 Å². The molecule has 0 aromatic rings. The van der Waals surface area contributed by atoms with E-state index in [1.165, 1.54) is 0 Å². The fourth-order valence-electron chi connectivity index (χ4n) is 1.43. The summed E-state index contributed by atoms with van der Waals surface area (Å²) >= 11 is 0. The quantitative estimate of drug-likeness (QED) is 0.284. The number of oxime groups is 1. The Morgan fingerprint density at radius 1 is 1.50 bits per heavy atom. The molecular formula is C10H23N3O. The Labute approximate surface area is 86.8 Å². The highest BCUT2D eigenvalue weighted by molar-refractivity contribution is 5.79. The predicted molar refractivity (Wildman–Crippen MR) is 59.6 cm³/mol. The van der Waals surface area contributed by atoms with E-state index in [0.717, 1.165) is 26.1 Å². The van der Waals surface area contributed by atoms with E-state index in [1.54, 1.807) is 0 Å². The van der Waals surface area contributed by atoms with Gasteiger partial charge in [-0.05, 0) is 25.4 Å². The van der Waals surface area contributed by atoms with Gasteiger partial charge in [0.15, 0.2) is 0 Å². The first kappa shape index (κ1) is 13.2. The zero-order chi connectivity index (χ0) is 11.0. The third-order valence-electron chi connectivity index (χ3n) is 2.11. The standard InChI is InChI=1S/C10H23N3O/c1-4-13(8-9(2)3)7-5-6-10(11)12-14/h9,14H,4-8H2,1-3H3,(H2,11,12). The van der Waals surface area contributed by atoms with Crippen LogP contribution < -0.4 is 5.73 Å². The van der Waals surface area contributed by atoms with Crippen molar-refractivity contribution in [3.63, 3.8) is 0 Å². The van der Waals surface area contributed by atoms with Gasteiger partial charge in [-0.15, -0.1) is 0 Å². The fraction of sp³-hybridized carbons (Fsp3) is 0.900. The van der Waals surface area contributed by atoms with Crippen LogP contribution in [0.25, 0.3) is 0 Å². The Morgan fingerprint density at radius 3 is 2.57 bits per heavy atom. The lowest BCUT2D eigenvalue weighted by Gasteiger charge is -2.22. The van der Waals surface area contributed by atoms with E-state index in [4.69, 9.17) is 10.9 Å². The van der Waals surface area contributed by atoms with Crippen molar-refractivity contribution >= 4 is 5.84 Å². The number of hydrogen-bond acceptors (Lipinski definition) is 3. The molecule has 0 amide bonds. The van der Waals surface area contributed by atoms with E-state index in [9.17, 15) is 0 Å². The van der Waals surface area contributed by atoms with Gasteiger partial charge in [0.1, 0.15) is 5.84 Å². The molecule has 0 fully saturated rings. The summed E-state index contributed by atoms with van der Waals surface area (Å²) in [6, 6.07) is 0. The van der Waals surface area contributed by atoms with Gasteiger partial charge in [-0.1, -0.05) is 25.9 Å². The molecule has 0 unspecified atom stereocenters. The fourth-order valence-corrected chi connectivity index (χ4v) is 1.43. The number of hydrogen-bond donors (Lipinski definition) is 2. The molecule has 14 heavy (non-hydrogen) atoms. The van der Waals surface area contributed by atoms with Gasteiger partial charge in [0.05, 0.1) is 0 Å². The number of nitrogens with two attached hydrogens (primary N) is 1. The van der Waals surface area contributed by atoms with Crippen LogP contribution in [0.4, 0.5) is 0 Å². The van der Waals surface area contributed by atoms with Crippen LogP contribution in [0.5, 0.6) is 0 Å². The molecule has 0 aliphatic carbocycles. The first-order valence-electron chi connectivity index (χ1n) is 5.28. The third kappa shape index (κ3) is 6.71. The van der Waals surface area contributed by atoms with Crippen LogP contribution in [0.15, 0.2) is 5.16 Å². The molecule has 84 valence electrons. The maximum absolute atomic E-state index is 8.35. The maximum Gasteiger partial charge on any atom is 0.139 e. The molecule has 0 rings (SSSR count). The number of nitrogens with zero attached hydrogens (tertiary/aromatic N) is 2. The molecule has 4 nitrogen and oxygen atoms in total. The van der Waals surface area contributed by atoms with E-state index in [0.29, 0.717) is 18.2 Å². The first-order chi connectivity index (χ1) is 6.60. The lowest BCUT2D eigenvalue weighted by atomic mass is 10.2. The van der Waals surface area contributed by atoms with E-state index in [-0.39, 0.29) is 0 Å². The molecule has 0 radical (unpaired) electrons. The Morgan fingerprint density at radius 2 is 2.14 bits per heavy atom. The monoisotopic (exact) mass is 201 g/mol. The van der Waals surface area contributed by atoms with Crippen molar-refractivity contribution in [3.05, 3.63) is 0 Å². The van der Waals surface area contributed by atoms with Gasteiger partial charge in [0, 0.05) is 13.0 Å². The molecule has 0 saturated heterocycles. The molecule has 0 bridgehead atoms. The van der Waals surface area contributed by atoms with Crippen molar-refractivity contribution in [2.24, 2.45) is 16.8 Å². The van der Waals surface area contributed by atoms with Gasteiger partial charge in [-0.2, -0.15) is 0 Å². The summed E-state index contributed by atoms with van der Waals surface area (Å²) in [6.07, 6.45) is 1.63. The van der Waals surface area contributed by atoms with Crippen LogP contribution in [0.3, 0.4) is 0 Å². The second-order valence-electron chi connectivity index (χ2n) is 3.98. The van der Waals surface area contributed by atoms with Gasteiger partial charge in [0.25, 0.3) is 0 Å². The van der Waals surface area contributed by atoms with Gasteiger partial charge in [0.2, 0.25) is 0 Å². The first-order valence-corrected chi connectivity index (χ1v) is 5.28. The van der Waals surface area contributed by atoms with Gasteiger partial charge in [-0.25, -0.2) is 0 Å². The van der Waals surface area contributed by atoms with Gasteiger partial charge in [-0.3, -0.25) is 0 Å². The van der Waals surface area contributed by atoms with Crippen LogP contribution in [-0.2, 0) is 0 Å². The molecule has 0 saturated carbocycles. The molecule has 0 spiro atoms. The zero-order valence-corrected chi connectivity index (χ0v) is 9.53. The highest BCUT2D eigenvalue weighted by atomic mass is 16.4. The molecule has 3 N–H and O–H groups in total. The largest absolute Gasteiger partial charge is 0.409 e. The SMILES string of the molecule is CCN(CCC/C(N)=N/O)CC(C)C. The summed E-state index contributed by atoms with van der Waals surface area (Å²) in [4.78, 5) is 2.38. The van der Waals surface area contributed by atoms with E-state index in [2.05, 4.69) is 30.8 Å². The van der Waals surface area contributed by atoms with Crippen LogP contribution >= 0.6 is 0 Å². The third-order valence-corrected chi connectivity index (χ3v) is 2.11. The van der Waals surface area contributed by atoms with Gasteiger partial charge >= 0.3 is 0 Å². The molecule has 0 aromatic carbocycles. The highest BCUT2D eigenvalue weighted by Gasteiger charge is 2.04. The van der Waals surface area contributed by atoms with E-state index >= 15 is 0 Å². The van der Waals surface area contributed by atoms with Crippen LogP contribution in [0.1, 0.15) is 33.6 Å². The van der Waals surface area contributed by atoms with Crippen molar-refractivity contribution in [1.82, 2.24) is 4.90 Å². The number of rotatable bonds is 7. The molecule has 4 heteroatoms. The molecule has 0 aliphatic rings. The number of amidine groups is 1. The van der Waals surface area contributed by atoms with Crippen molar-refractivity contribution in [2.45, 2.75) is 33.6 Å². The highest BCUT2D eigenvalue weighted by Crippen LogP contribution is 2.00. The minimum absolute atomic E-state index is 0.325. The smallest absolute Gasteiger partial charge is 0.139 e. The lowest BCUT2D eigenvalue weighted by molar-refractivity contribution is 0.254. The Bertz CT molecular complexity index is 169. The summed E-state index contributed by atoms with van der Waals surface area (Å²) in [5.74, 6) is 1.02. The van der Waals surface area contributed by atoms with Crippen LogP contribution in [0, 0.1) is 5.92 Å². The topological polar surface area (TPSA) is 61.8 Å². The lowest BCUT2D eigenvalue weighted by Crippen LogP contribution is -2.29. The average Bonchev–Trinajstić information content (AvgIpc) is 2.15. The van der Waals surface area contributed by atoms with E-state index < -0.39 is 0 Å². The second-order valence-corrected chi connectivity index (χ2v) is 3.98. The molecule has 0 atom stereocenters. The van der Waals surface area contributed by atoms with E-state index in [1.807, 2.05) is 0 Å². The zero-order valence-electron chi connectivity index (χ0n) is 9.53. The van der Waals surface area contributed by atoms with Crippen LogP contribution in [0.2, 0.25) is 0 Å². The Balaban J connectivity index is 3.62. The van der Waals surface area contributed by atoms with Crippen molar-refractivity contribution in [1.29, 1.82) is 0 Å². The van der Waals surface area contributed by atoms with Crippen LogP contribution in [-0.4, -0.2) is 35.6 Å². The summed E-state index contributed by atoms with van der Waals surface area (Å²) in [6.45, 7) is 9.79. The second kappa shape index (κ2) is 7.62. The summed E-state index contributed by atoms with van der Waals surface area (Å²) in [5, 5.41) is 11.3. The molecule has 0 aromatic heterocycles. The summed E-state index contributed by atoms with van der Waals surface area (Å²) in [7, 11) is 0. The normalized spacial score (nSPS) is 12.8.